The second-order valence-electron chi connectivity index (χ2n) is 7.13. The average molecular weight is 426 g/mol. The van der Waals surface area contributed by atoms with Gasteiger partial charge in [0, 0.05) is 19.6 Å². The number of aromatic nitrogens is 1. The van der Waals surface area contributed by atoms with E-state index in [0.29, 0.717) is 49.4 Å². The molecule has 0 radical (unpaired) electrons. The first kappa shape index (κ1) is 21.5. The number of fused-ring (bicyclic) bond motifs is 1. The Balaban J connectivity index is 0.000000755. The lowest BCUT2D eigenvalue weighted by atomic mass is 9.91. The van der Waals surface area contributed by atoms with E-state index in [1.165, 1.54) is 5.06 Å². The Morgan fingerprint density at radius 3 is 2.76 bits per heavy atom. The van der Waals surface area contributed by atoms with E-state index in [2.05, 4.69) is 4.98 Å². The normalized spacial score (nSPS) is 26.2. The maximum atomic E-state index is 12.7. The third-order valence-corrected chi connectivity index (χ3v) is 5.51. The molecule has 4 rings (SSSR count). The first-order valence-corrected chi connectivity index (χ1v) is 10.0. The largest absolute Gasteiger partial charge is 0.483 e. The summed E-state index contributed by atoms with van der Waals surface area (Å²) in [5.74, 6) is 0.0577. The molecule has 0 saturated carbocycles. The molecular formula is C19H24ClN3O6. The number of hydrogen-bond donors (Lipinski definition) is 1. The SMILES string of the molecule is O=C(c1cccc(Cl)n1)N1CC[C@H]2C[C@@H](C(=O)N3CCCCO3)O[C@@H]2C1.O=CO. The van der Waals surface area contributed by atoms with Gasteiger partial charge in [-0.05, 0) is 43.7 Å². The second kappa shape index (κ2) is 10.00. The van der Waals surface area contributed by atoms with Crippen molar-refractivity contribution in [1.29, 1.82) is 0 Å². The minimum atomic E-state index is -0.470. The van der Waals surface area contributed by atoms with Crippen LogP contribution in [0.1, 0.15) is 36.2 Å². The molecule has 4 heterocycles. The van der Waals surface area contributed by atoms with Gasteiger partial charge in [-0.25, -0.2) is 10.0 Å². The molecule has 3 aliphatic rings. The summed E-state index contributed by atoms with van der Waals surface area (Å²) in [7, 11) is 0. The summed E-state index contributed by atoms with van der Waals surface area (Å²) in [6.07, 6.45) is 2.87. The van der Waals surface area contributed by atoms with E-state index in [4.69, 9.17) is 31.1 Å². The number of pyridine rings is 1. The lowest BCUT2D eigenvalue weighted by Gasteiger charge is -2.33. The average Bonchev–Trinajstić information content (AvgIpc) is 3.17. The van der Waals surface area contributed by atoms with Crippen molar-refractivity contribution < 1.29 is 29.1 Å². The van der Waals surface area contributed by atoms with Gasteiger partial charge in [0.05, 0.1) is 12.7 Å². The molecule has 3 saturated heterocycles. The Kier molecular flexibility index (Phi) is 7.40. The van der Waals surface area contributed by atoms with Crippen molar-refractivity contribution in [3.05, 3.63) is 29.0 Å². The number of halogens is 1. The van der Waals surface area contributed by atoms with Crippen LogP contribution in [-0.2, 0) is 19.2 Å². The van der Waals surface area contributed by atoms with Crippen LogP contribution in [0.25, 0.3) is 0 Å². The molecule has 3 fully saturated rings. The highest BCUT2D eigenvalue weighted by Crippen LogP contribution is 2.34. The Morgan fingerprint density at radius 2 is 2.07 bits per heavy atom. The number of piperidine rings is 1. The summed E-state index contributed by atoms with van der Waals surface area (Å²) >= 11 is 5.88. The van der Waals surface area contributed by atoms with Crippen LogP contribution in [0.5, 0.6) is 0 Å². The van der Waals surface area contributed by atoms with Gasteiger partial charge in [-0.1, -0.05) is 17.7 Å². The molecule has 0 aliphatic carbocycles. The van der Waals surface area contributed by atoms with Crippen molar-refractivity contribution in [3.63, 3.8) is 0 Å². The fourth-order valence-corrected chi connectivity index (χ4v) is 4.06. The predicted molar refractivity (Wildman–Crippen MR) is 102 cm³/mol. The van der Waals surface area contributed by atoms with Gasteiger partial charge in [-0.15, -0.1) is 0 Å². The van der Waals surface area contributed by atoms with Gasteiger partial charge in [-0.3, -0.25) is 19.2 Å². The Bertz CT molecular complexity index is 742. The third-order valence-electron chi connectivity index (χ3n) is 5.30. The number of carbonyl (C=O) groups excluding carboxylic acids is 2. The van der Waals surface area contributed by atoms with Gasteiger partial charge in [0.2, 0.25) is 0 Å². The molecule has 9 nitrogen and oxygen atoms in total. The van der Waals surface area contributed by atoms with Crippen molar-refractivity contribution in [2.75, 3.05) is 26.2 Å². The molecule has 0 bridgehead atoms. The van der Waals surface area contributed by atoms with E-state index in [9.17, 15) is 9.59 Å². The zero-order valence-corrected chi connectivity index (χ0v) is 16.7. The maximum Gasteiger partial charge on any atom is 0.290 e. The van der Waals surface area contributed by atoms with Crippen LogP contribution in [-0.4, -0.2) is 76.8 Å². The summed E-state index contributed by atoms with van der Waals surface area (Å²) in [6, 6.07) is 5.02. The van der Waals surface area contributed by atoms with Gasteiger partial charge in [0.15, 0.2) is 0 Å². The van der Waals surface area contributed by atoms with Gasteiger partial charge < -0.3 is 14.7 Å². The van der Waals surface area contributed by atoms with Crippen molar-refractivity contribution >= 4 is 29.9 Å². The fourth-order valence-electron chi connectivity index (χ4n) is 3.89. The van der Waals surface area contributed by atoms with Crippen LogP contribution in [0.4, 0.5) is 0 Å². The number of ether oxygens (including phenoxy) is 1. The summed E-state index contributed by atoms with van der Waals surface area (Å²) in [5, 5.41) is 8.64. The van der Waals surface area contributed by atoms with Crippen LogP contribution in [0.2, 0.25) is 5.15 Å². The van der Waals surface area contributed by atoms with E-state index in [-0.39, 0.29) is 24.4 Å². The molecule has 158 valence electrons. The number of likely N-dealkylation sites (tertiary alicyclic amines) is 1. The van der Waals surface area contributed by atoms with E-state index < -0.39 is 6.10 Å². The van der Waals surface area contributed by atoms with Gasteiger partial charge in [0.25, 0.3) is 18.3 Å². The smallest absolute Gasteiger partial charge is 0.290 e. The zero-order chi connectivity index (χ0) is 20.8. The Hall–Kier alpha value is -2.23. The highest BCUT2D eigenvalue weighted by Gasteiger charge is 2.44. The van der Waals surface area contributed by atoms with Crippen LogP contribution in [0.15, 0.2) is 18.2 Å². The Morgan fingerprint density at radius 1 is 1.28 bits per heavy atom. The molecule has 3 atom stereocenters. The molecule has 1 aromatic heterocycles. The lowest BCUT2D eigenvalue weighted by Crippen LogP contribution is -2.46. The van der Waals surface area contributed by atoms with Crippen LogP contribution in [0.3, 0.4) is 0 Å². The van der Waals surface area contributed by atoms with E-state index in [1.807, 2.05) is 0 Å². The second-order valence-corrected chi connectivity index (χ2v) is 7.52. The highest BCUT2D eigenvalue weighted by molar-refractivity contribution is 6.29. The molecule has 29 heavy (non-hydrogen) atoms. The number of hydrogen-bond acceptors (Lipinski definition) is 6. The van der Waals surface area contributed by atoms with Gasteiger partial charge in [-0.2, -0.15) is 0 Å². The molecule has 3 aliphatic heterocycles. The highest BCUT2D eigenvalue weighted by atomic mass is 35.5. The topological polar surface area (TPSA) is 109 Å². The number of amides is 2. The van der Waals surface area contributed by atoms with Crippen LogP contribution >= 0.6 is 11.6 Å². The third kappa shape index (κ3) is 5.23. The summed E-state index contributed by atoms with van der Waals surface area (Å²) in [4.78, 5) is 44.9. The van der Waals surface area contributed by atoms with Crippen molar-refractivity contribution in [2.45, 2.75) is 37.9 Å². The number of rotatable bonds is 2. The molecule has 10 heteroatoms. The minimum Gasteiger partial charge on any atom is -0.483 e. The van der Waals surface area contributed by atoms with Crippen LogP contribution in [0, 0.1) is 5.92 Å². The number of carbonyl (C=O) groups is 3. The molecule has 1 N–H and O–H groups in total. The minimum absolute atomic E-state index is 0.0894. The quantitative estimate of drug-likeness (QED) is 0.566. The van der Waals surface area contributed by atoms with E-state index in [1.54, 1.807) is 23.1 Å². The monoisotopic (exact) mass is 425 g/mol. The number of hydroxylamine groups is 2. The molecule has 2 amide bonds. The first-order chi connectivity index (χ1) is 14.0. The Labute approximate surface area is 173 Å². The van der Waals surface area contributed by atoms with Gasteiger partial charge in [0.1, 0.15) is 17.0 Å². The van der Waals surface area contributed by atoms with Gasteiger partial charge >= 0.3 is 0 Å². The summed E-state index contributed by atoms with van der Waals surface area (Å²) in [6.45, 7) is 2.07. The van der Waals surface area contributed by atoms with Crippen LogP contribution < -0.4 is 0 Å². The molecule has 1 aromatic rings. The molecule has 0 aromatic carbocycles. The molecule has 0 unspecified atom stereocenters. The summed E-state index contributed by atoms with van der Waals surface area (Å²) < 4.78 is 6.01. The number of carboxylic acid groups (broad SMARTS) is 1. The summed E-state index contributed by atoms with van der Waals surface area (Å²) in [5.41, 5.74) is 0.336. The zero-order valence-electron chi connectivity index (χ0n) is 15.9. The predicted octanol–water partition coefficient (Wildman–Crippen LogP) is 1.61. The molecular weight excluding hydrogens is 402 g/mol. The lowest BCUT2D eigenvalue weighted by molar-refractivity contribution is -0.206. The van der Waals surface area contributed by atoms with Crippen molar-refractivity contribution in [2.24, 2.45) is 5.92 Å². The van der Waals surface area contributed by atoms with E-state index >= 15 is 0 Å². The fraction of sp³-hybridized carbons (Fsp3) is 0.579. The number of nitrogens with zero attached hydrogens (tertiary/aromatic N) is 3. The maximum absolute atomic E-state index is 12.7. The molecule has 0 spiro atoms. The van der Waals surface area contributed by atoms with Crippen molar-refractivity contribution in [3.8, 4) is 0 Å². The van der Waals surface area contributed by atoms with Crippen molar-refractivity contribution in [1.82, 2.24) is 14.9 Å². The standard InChI is InChI=1S/C18H22ClN3O4.CH2O2/c19-16-5-3-4-13(20-16)17(23)21-8-6-12-10-14(26-15(12)11-21)18(24)22-7-1-2-9-25-22;2-1-3/h3-5,12,14-15H,1-2,6-11H2;1H,(H,2,3)/t12-,14-,15+;/m0./s1. The van der Waals surface area contributed by atoms with E-state index in [0.717, 1.165) is 19.3 Å². The first-order valence-electron chi connectivity index (χ1n) is 9.63.